The number of amides is 1. The van der Waals surface area contributed by atoms with Crippen LogP contribution in [0.5, 0.6) is 0 Å². The highest BCUT2D eigenvalue weighted by Crippen LogP contribution is 2.37. The maximum Gasteiger partial charge on any atom is 0.254 e. The van der Waals surface area contributed by atoms with Crippen molar-refractivity contribution < 1.29 is 9.90 Å². The fourth-order valence-corrected chi connectivity index (χ4v) is 5.58. The number of carbonyl (C=O) groups excluding carboxylic acids is 1. The van der Waals surface area contributed by atoms with Crippen LogP contribution in [0.3, 0.4) is 0 Å². The lowest BCUT2D eigenvalue weighted by atomic mass is 9.91. The maximum absolute atomic E-state index is 13.4. The second-order valence-electron chi connectivity index (χ2n) is 9.14. The van der Waals surface area contributed by atoms with Crippen LogP contribution in [0.2, 0.25) is 0 Å². The Hall–Kier alpha value is -2.42. The van der Waals surface area contributed by atoms with Crippen molar-refractivity contribution in [1.29, 1.82) is 5.26 Å². The average Bonchev–Trinajstić information content (AvgIpc) is 3.11. The van der Waals surface area contributed by atoms with E-state index in [1.165, 1.54) is 10.9 Å². The van der Waals surface area contributed by atoms with Gasteiger partial charge in [0.05, 0.1) is 18.2 Å². The molecule has 1 aliphatic carbocycles. The summed E-state index contributed by atoms with van der Waals surface area (Å²) in [4.78, 5) is 17.7. The Kier molecular flexibility index (Phi) is 5.22. The van der Waals surface area contributed by atoms with Crippen molar-refractivity contribution >= 4 is 16.7 Å². The molecular weight excluding hydrogens is 374 g/mol. The van der Waals surface area contributed by atoms with Crippen LogP contribution in [0.25, 0.3) is 10.8 Å². The van der Waals surface area contributed by atoms with E-state index in [0.717, 1.165) is 74.7 Å². The van der Waals surface area contributed by atoms with Gasteiger partial charge >= 0.3 is 0 Å². The van der Waals surface area contributed by atoms with E-state index in [4.69, 9.17) is 5.26 Å². The summed E-state index contributed by atoms with van der Waals surface area (Å²) in [7, 11) is 0. The van der Waals surface area contributed by atoms with Crippen LogP contribution in [0.15, 0.2) is 30.3 Å². The van der Waals surface area contributed by atoms with E-state index >= 15 is 0 Å². The number of fused-ring (bicyclic) bond motifs is 3. The summed E-state index contributed by atoms with van der Waals surface area (Å²) >= 11 is 0. The van der Waals surface area contributed by atoms with Crippen molar-refractivity contribution in [1.82, 2.24) is 9.80 Å². The smallest absolute Gasteiger partial charge is 0.254 e. The molecule has 5 heteroatoms. The van der Waals surface area contributed by atoms with Crippen LogP contribution < -0.4 is 0 Å². The summed E-state index contributed by atoms with van der Waals surface area (Å²) in [6.45, 7) is 3.27. The summed E-state index contributed by atoms with van der Waals surface area (Å²) in [5.74, 6) is 0.251. The lowest BCUT2D eigenvalue weighted by Gasteiger charge is -2.35. The van der Waals surface area contributed by atoms with E-state index in [0.29, 0.717) is 6.54 Å². The summed E-state index contributed by atoms with van der Waals surface area (Å²) in [6, 6.07) is 12.9. The third-order valence-electron chi connectivity index (χ3n) is 7.32. The van der Waals surface area contributed by atoms with Crippen LogP contribution in [-0.4, -0.2) is 46.0 Å². The molecule has 0 aromatic heterocycles. The molecule has 0 bridgehead atoms. The number of nitrogens with zero attached hydrogens (tertiary/aromatic N) is 3. The lowest BCUT2D eigenvalue weighted by Crippen LogP contribution is -2.45. The number of aliphatic hydroxyl groups excluding tert-OH is 1. The molecule has 5 rings (SSSR count). The van der Waals surface area contributed by atoms with Crippen molar-refractivity contribution in [2.45, 2.75) is 63.8 Å². The molecule has 0 spiro atoms. The monoisotopic (exact) mass is 403 g/mol. The number of aliphatic hydroxyl groups is 1. The summed E-state index contributed by atoms with van der Waals surface area (Å²) < 4.78 is 0. The highest BCUT2D eigenvalue weighted by molar-refractivity contribution is 6.05. The molecule has 2 fully saturated rings. The van der Waals surface area contributed by atoms with Crippen molar-refractivity contribution in [2.24, 2.45) is 5.92 Å². The molecule has 2 atom stereocenters. The van der Waals surface area contributed by atoms with Gasteiger partial charge < -0.3 is 10.0 Å². The molecule has 30 heavy (non-hydrogen) atoms. The predicted molar refractivity (Wildman–Crippen MR) is 116 cm³/mol. The summed E-state index contributed by atoms with van der Waals surface area (Å²) in [5, 5.41) is 22.1. The second-order valence-corrected chi connectivity index (χ2v) is 9.14. The van der Waals surface area contributed by atoms with Gasteiger partial charge in [-0.3, -0.25) is 9.69 Å². The number of piperidine rings is 1. The molecule has 0 radical (unpaired) electrons. The number of hydrogen-bond acceptors (Lipinski definition) is 4. The van der Waals surface area contributed by atoms with Gasteiger partial charge in [0.2, 0.25) is 0 Å². The van der Waals surface area contributed by atoms with E-state index in [2.05, 4.69) is 35.2 Å². The number of likely N-dealkylation sites (tertiary alicyclic amines) is 1. The molecule has 2 aromatic rings. The third kappa shape index (κ3) is 3.38. The zero-order chi connectivity index (χ0) is 20.7. The van der Waals surface area contributed by atoms with Crippen molar-refractivity contribution in [3.8, 4) is 6.07 Å². The molecule has 5 nitrogen and oxygen atoms in total. The van der Waals surface area contributed by atoms with Crippen molar-refractivity contribution in [3.63, 3.8) is 0 Å². The fourth-order valence-electron chi connectivity index (χ4n) is 5.58. The Morgan fingerprint density at radius 1 is 1.07 bits per heavy atom. The van der Waals surface area contributed by atoms with Gasteiger partial charge in [0, 0.05) is 24.6 Å². The van der Waals surface area contributed by atoms with Gasteiger partial charge in [-0.1, -0.05) is 37.1 Å². The number of carbonyl (C=O) groups is 1. The quantitative estimate of drug-likeness (QED) is 0.846. The van der Waals surface area contributed by atoms with Gasteiger partial charge in [-0.2, -0.15) is 5.26 Å². The van der Waals surface area contributed by atoms with E-state index < -0.39 is 6.10 Å². The standard InChI is InChI=1S/C25H29N3O2/c26-14-17-9-11-27(12-10-17)15-18-13-21-22(20-6-2-1-5-19(18)20)16-28(25(21)30)23-7-3-4-8-24(23)29/h1-2,5-6,13,17,23-24,29H,3-4,7-12,15-16H2/t23-,24-/m0/s1. The van der Waals surface area contributed by atoms with Crippen molar-refractivity contribution in [2.75, 3.05) is 13.1 Å². The third-order valence-corrected chi connectivity index (χ3v) is 7.32. The molecular formula is C25H29N3O2. The zero-order valence-electron chi connectivity index (χ0n) is 17.4. The topological polar surface area (TPSA) is 67.6 Å². The second kappa shape index (κ2) is 8.02. The van der Waals surface area contributed by atoms with Gasteiger partial charge in [0.15, 0.2) is 0 Å². The van der Waals surface area contributed by atoms with Crippen LogP contribution in [0.1, 0.15) is 60.0 Å². The number of hydrogen-bond donors (Lipinski definition) is 1. The minimum absolute atomic E-state index is 0.0640. The first kappa shape index (κ1) is 19.5. The zero-order valence-corrected chi connectivity index (χ0v) is 17.4. The molecule has 2 aromatic carbocycles. The van der Waals surface area contributed by atoms with Crippen LogP contribution in [0.4, 0.5) is 0 Å². The molecule has 1 N–H and O–H groups in total. The first-order chi connectivity index (χ1) is 14.7. The Balaban J connectivity index is 1.47. The molecule has 156 valence electrons. The van der Waals surface area contributed by atoms with Crippen LogP contribution in [-0.2, 0) is 13.1 Å². The molecule has 1 amide bonds. The largest absolute Gasteiger partial charge is 0.391 e. The van der Waals surface area contributed by atoms with E-state index in [1.807, 2.05) is 11.0 Å². The minimum atomic E-state index is -0.413. The van der Waals surface area contributed by atoms with Gasteiger partial charge in [-0.15, -0.1) is 0 Å². The summed E-state index contributed by atoms with van der Waals surface area (Å²) in [6.07, 6.45) is 5.23. The number of benzene rings is 2. The van der Waals surface area contributed by atoms with Gasteiger partial charge in [-0.25, -0.2) is 0 Å². The number of nitriles is 1. The van der Waals surface area contributed by atoms with Gasteiger partial charge in [0.25, 0.3) is 5.91 Å². The number of rotatable bonds is 3. The molecule has 2 aliphatic heterocycles. The fraction of sp³-hybridized carbons (Fsp3) is 0.520. The molecule has 0 unspecified atom stereocenters. The Morgan fingerprint density at radius 2 is 1.80 bits per heavy atom. The Morgan fingerprint density at radius 3 is 2.53 bits per heavy atom. The SMILES string of the molecule is N#CC1CCN(Cc2cc3c(c4ccccc24)CN([C@H]2CCCC[C@@H]2O)C3=O)CC1. The normalized spacial score (nSPS) is 25.5. The Labute approximate surface area is 177 Å². The van der Waals surface area contributed by atoms with Crippen LogP contribution >= 0.6 is 0 Å². The maximum atomic E-state index is 13.4. The minimum Gasteiger partial charge on any atom is -0.391 e. The molecule has 3 aliphatic rings. The van der Waals surface area contributed by atoms with Crippen molar-refractivity contribution in [3.05, 3.63) is 47.0 Å². The van der Waals surface area contributed by atoms with Crippen LogP contribution in [0, 0.1) is 17.2 Å². The highest BCUT2D eigenvalue weighted by atomic mass is 16.3. The Bertz CT molecular complexity index is 1000. The lowest BCUT2D eigenvalue weighted by molar-refractivity contribution is 0.0192. The van der Waals surface area contributed by atoms with E-state index in [-0.39, 0.29) is 17.9 Å². The molecule has 1 saturated carbocycles. The molecule has 1 saturated heterocycles. The highest BCUT2D eigenvalue weighted by Gasteiger charge is 2.38. The van der Waals surface area contributed by atoms with Gasteiger partial charge in [0.1, 0.15) is 0 Å². The van der Waals surface area contributed by atoms with E-state index in [9.17, 15) is 9.90 Å². The summed E-state index contributed by atoms with van der Waals surface area (Å²) in [5.41, 5.74) is 3.12. The first-order valence-electron chi connectivity index (χ1n) is 11.3. The molecule has 2 heterocycles. The van der Waals surface area contributed by atoms with Gasteiger partial charge in [-0.05, 0) is 66.7 Å². The predicted octanol–water partition coefficient (Wildman–Crippen LogP) is 3.83. The van der Waals surface area contributed by atoms with E-state index in [1.54, 1.807) is 0 Å². The first-order valence-corrected chi connectivity index (χ1v) is 11.3. The average molecular weight is 404 g/mol.